The monoisotopic (exact) mass is 410 g/mol. The minimum Gasteiger partial charge on any atom is -0.444 e. The molecule has 1 aromatic carbocycles. The molecule has 0 spiro atoms. The molecule has 2 amide bonds. The van der Waals surface area contributed by atoms with Crippen molar-refractivity contribution >= 4 is 18.1 Å². The van der Waals surface area contributed by atoms with Crippen molar-refractivity contribution in [3.8, 4) is 5.69 Å². The number of nitrogens with zero attached hydrogens (tertiary/aromatic N) is 3. The van der Waals surface area contributed by atoms with E-state index in [1.165, 1.54) is 0 Å². The van der Waals surface area contributed by atoms with E-state index < -0.39 is 11.7 Å². The normalized spacial score (nSPS) is 17.2. The third-order valence-corrected chi connectivity index (χ3v) is 4.83. The summed E-state index contributed by atoms with van der Waals surface area (Å²) in [6, 6.07) is 9.79. The van der Waals surface area contributed by atoms with Gasteiger partial charge in [0.15, 0.2) is 0 Å². The van der Waals surface area contributed by atoms with Gasteiger partial charge in [-0.1, -0.05) is 18.2 Å². The number of carbonyl (C=O) groups is 2. The molecule has 3 rings (SSSR count). The molecule has 1 atom stereocenters. The Balaban J connectivity index is 1.59. The Morgan fingerprint density at radius 2 is 2.00 bits per heavy atom. The second-order valence-corrected chi connectivity index (χ2v) is 8.45. The number of hydrogen-bond donors (Lipinski definition) is 1. The summed E-state index contributed by atoms with van der Waals surface area (Å²) in [6.45, 7) is 6.56. The van der Waals surface area contributed by atoms with E-state index in [2.05, 4.69) is 10.4 Å². The van der Waals surface area contributed by atoms with Crippen LogP contribution in [0.4, 0.5) is 4.79 Å². The number of alkyl carbamates (subject to hydrolysis) is 1. The lowest BCUT2D eigenvalue weighted by Gasteiger charge is -2.35. The van der Waals surface area contributed by atoms with Crippen LogP contribution in [0.15, 0.2) is 48.8 Å². The molecule has 2 aromatic rings. The van der Waals surface area contributed by atoms with Crippen molar-refractivity contribution in [3.63, 3.8) is 0 Å². The van der Waals surface area contributed by atoms with E-state index in [4.69, 9.17) is 4.74 Å². The average molecular weight is 411 g/mol. The van der Waals surface area contributed by atoms with Crippen LogP contribution >= 0.6 is 0 Å². The summed E-state index contributed by atoms with van der Waals surface area (Å²) in [7, 11) is 0. The van der Waals surface area contributed by atoms with Crippen LogP contribution < -0.4 is 5.32 Å². The second-order valence-electron chi connectivity index (χ2n) is 8.45. The van der Waals surface area contributed by atoms with Crippen molar-refractivity contribution in [3.05, 3.63) is 54.4 Å². The van der Waals surface area contributed by atoms with Gasteiger partial charge in [-0.25, -0.2) is 9.48 Å². The predicted molar refractivity (Wildman–Crippen MR) is 116 cm³/mol. The van der Waals surface area contributed by atoms with Gasteiger partial charge in [-0.05, 0) is 58.2 Å². The molecule has 0 bridgehead atoms. The van der Waals surface area contributed by atoms with Crippen LogP contribution in [0.5, 0.6) is 0 Å². The molecule has 1 saturated heterocycles. The first-order chi connectivity index (χ1) is 14.3. The number of benzene rings is 1. The van der Waals surface area contributed by atoms with Crippen LogP contribution in [0.1, 0.15) is 45.6 Å². The number of hydrogen-bond acceptors (Lipinski definition) is 4. The van der Waals surface area contributed by atoms with E-state index in [0.29, 0.717) is 13.1 Å². The number of amides is 2. The maximum Gasteiger partial charge on any atom is 0.407 e. The number of piperidine rings is 1. The van der Waals surface area contributed by atoms with Crippen molar-refractivity contribution in [1.82, 2.24) is 20.0 Å². The molecule has 1 aromatic heterocycles. The highest BCUT2D eigenvalue weighted by molar-refractivity contribution is 5.92. The topological polar surface area (TPSA) is 76.5 Å². The Kier molecular flexibility index (Phi) is 6.92. The van der Waals surface area contributed by atoms with Gasteiger partial charge in [0.1, 0.15) is 5.60 Å². The minimum atomic E-state index is -0.543. The van der Waals surface area contributed by atoms with Gasteiger partial charge in [-0.3, -0.25) is 4.79 Å². The predicted octanol–water partition coefficient (Wildman–Crippen LogP) is 3.79. The van der Waals surface area contributed by atoms with E-state index in [9.17, 15) is 9.59 Å². The number of nitrogens with one attached hydrogen (secondary N) is 1. The van der Waals surface area contributed by atoms with Crippen LogP contribution in [0, 0.1) is 0 Å². The standard InChI is InChI=1S/C23H30N4O3/c1-23(2,3)30-22(29)24-16-20-11-7-8-14-26(20)21(28)13-12-18-15-25-27(17-18)19-9-5-4-6-10-19/h4-6,9-10,12-13,15,17,20H,7-8,11,14,16H2,1-3H3,(H,24,29)/b13-12+. The molecule has 1 fully saturated rings. The summed E-state index contributed by atoms with van der Waals surface area (Å²) in [5.74, 6) is -0.0573. The van der Waals surface area contributed by atoms with Gasteiger partial charge in [0.05, 0.1) is 11.9 Å². The van der Waals surface area contributed by atoms with Gasteiger partial charge in [0, 0.05) is 37.0 Å². The lowest BCUT2D eigenvalue weighted by molar-refractivity contribution is -0.129. The van der Waals surface area contributed by atoms with Crippen molar-refractivity contribution in [1.29, 1.82) is 0 Å². The molecule has 0 radical (unpaired) electrons. The lowest BCUT2D eigenvalue weighted by Crippen LogP contribution is -2.49. The van der Waals surface area contributed by atoms with Crippen LogP contribution in [0.2, 0.25) is 0 Å². The Morgan fingerprint density at radius 1 is 1.23 bits per heavy atom. The van der Waals surface area contributed by atoms with Crippen molar-refractivity contribution in [2.75, 3.05) is 13.1 Å². The second kappa shape index (κ2) is 9.61. The lowest BCUT2D eigenvalue weighted by atomic mass is 10.0. The first-order valence-electron chi connectivity index (χ1n) is 10.4. The first kappa shape index (κ1) is 21.6. The molecule has 30 heavy (non-hydrogen) atoms. The zero-order chi connectivity index (χ0) is 21.6. The molecule has 7 nitrogen and oxygen atoms in total. The minimum absolute atomic E-state index is 0.0320. The molecule has 7 heteroatoms. The smallest absolute Gasteiger partial charge is 0.407 e. The highest BCUT2D eigenvalue weighted by Gasteiger charge is 2.26. The van der Waals surface area contributed by atoms with Gasteiger partial charge < -0.3 is 15.0 Å². The maximum absolute atomic E-state index is 12.8. The van der Waals surface area contributed by atoms with Crippen LogP contribution in [0.3, 0.4) is 0 Å². The van der Waals surface area contributed by atoms with E-state index in [-0.39, 0.29) is 11.9 Å². The zero-order valence-electron chi connectivity index (χ0n) is 17.9. The fourth-order valence-electron chi connectivity index (χ4n) is 3.43. The van der Waals surface area contributed by atoms with Gasteiger partial charge in [-0.2, -0.15) is 5.10 Å². The quantitative estimate of drug-likeness (QED) is 0.761. The number of likely N-dealkylation sites (tertiary alicyclic amines) is 1. The molecular formula is C23H30N4O3. The van der Waals surface area contributed by atoms with E-state index in [1.807, 2.05) is 62.2 Å². The number of ether oxygens (including phenoxy) is 1. The van der Waals surface area contributed by atoms with E-state index in [0.717, 1.165) is 30.5 Å². The Bertz CT molecular complexity index is 883. The summed E-state index contributed by atoms with van der Waals surface area (Å²) in [5, 5.41) is 7.15. The third kappa shape index (κ3) is 6.20. The Labute approximate surface area is 177 Å². The van der Waals surface area contributed by atoms with Crippen LogP contribution in [0.25, 0.3) is 11.8 Å². The molecule has 1 unspecified atom stereocenters. The number of aromatic nitrogens is 2. The average Bonchev–Trinajstić information content (AvgIpc) is 3.19. The Morgan fingerprint density at radius 3 is 2.73 bits per heavy atom. The van der Waals surface area contributed by atoms with Gasteiger partial charge in [0.2, 0.25) is 5.91 Å². The van der Waals surface area contributed by atoms with E-state index in [1.54, 1.807) is 23.0 Å². The number of para-hydroxylation sites is 1. The third-order valence-electron chi connectivity index (χ3n) is 4.83. The van der Waals surface area contributed by atoms with Crippen molar-refractivity contribution < 1.29 is 14.3 Å². The molecule has 0 saturated carbocycles. The summed E-state index contributed by atoms with van der Waals surface area (Å²) in [5.41, 5.74) is 1.28. The summed E-state index contributed by atoms with van der Waals surface area (Å²) in [4.78, 5) is 26.6. The fourth-order valence-corrected chi connectivity index (χ4v) is 3.43. The van der Waals surface area contributed by atoms with Crippen molar-refractivity contribution in [2.24, 2.45) is 0 Å². The van der Waals surface area contributed by atoms with Gasteiger partial charge in [0.25, 0.3) is 0 Å². The molecule has 1 aliphatic heterocycles. The van der Waals surface area contributed by atoms with Gasteiger partial charge in [-0.15, -0.1) is 0 Å². The largest absolute Gasteiger partial charge is 0.444 e. The summed E-state index contributed by atoms with van der Waals surface area (Å²) in [6.07, 6.45) is 9.39. The number of rotatable bonds is 5. The SMILES string of the molecule is CC(C)(C)OC(=O)NCC1CCCCN1C(=O)/C=C/c1cnn(-c2ccccc2)c1. The number of carbonyl (C=O) groups excluding carboxylic acids is 2. The van der Waals surface area contributed by atoms with Crippen molar-refractivity contribution in [2.45, 2.75) is 51.7 Å². The molecule has 0 aliphatic carbocycles. The Hall–Kier alpha value is -3.09. The summed E-state index contributed by atoms with van der Waals surface area (Å²) < 4.78 is 7.07. The molecular weight excluding hydrogens is 380 g/mol. The summed E-state index contributed by atoms with van der Waals surface area (Å²) >= 11 is 0. The molecule has 160 valence electrons. The molecule has 2 heterocycles. The first-order valence-corrected chi connectivity index (χ1v) is 10.4. The fraction of sp³-hybridized carbons (Fsp3) is 0.435. The zero-order valence-corrected chi connectivity index (χ0v) is 17.9. The highest BCUT2D eigenvalue weighted by atomic mass is 16.6. The van der Waals surface area contributed by atoms with Crippen LogP contribution in [-0.4, -0.2) is 51.4 Å². The van der Waals surface area contributed by atoms with E-state index >= 15 is 0 Å². The van der Waals surface area contributed by atoms with Crippen LogP contribution in [-0.2, 0) is 9.53 Å². The molecule has 1 aliphatic rings. The molecule has 1 N–H and O–H groups in total. The highest BCUT2D eigenvalue weighted by Crippen LogP contribution is 2.18. The maximum atomic E-state index is 12.8. The van der Waals surface area contributed by atoms with Gasteiger partial charge >= 0.3 is 6.09 Å².